The van der Waals surface area contributed by atoms with Crippen LogP contribution in [-0.2, 0) is 6.42 Å². The molecule has 2 aliphatic rings. The van der Waals surface area contributed by atoms with Crippen LogP contribution in [0.15, 0.2) is 18.2 Å². The highest BCUT2D eigenvalue weighted by molar-refractivity contribution is 5.96. The van der Waals surface area contributed by atoms with Crippen molar-refractivity contribution >= 4 is 5.91 Å². The van der Waals surface area contributed by atoms with E-state index in [1.54, 1.807) is 0 Å². The Morgan fingerprint density at radius 1 is 1.44 bits per heavy atom. The summed E-state index contributed by atoms with van der Waals surface area (Å²) in [5.41, 5.74) is 9.74. The molecule has 1 aliphatic heterocycles. The Bertz CT molecular complexity index is 507. The Morgan fingerprint density at radius 3 is 2.83 bits per heavy atom. The van der Waals surface area contributed by atoms with Gasteiger partial charge in [0.2, 0.25) is 0 Å². The van der Waals surface area contributed by atoms with Gasteiger partial charge in [0.25, 0.3) is 5.91 Å². The predicted molar refractivity (Wildman–Crippen MR) is 71.3 cm³/mol. The van der Waals surface area contributed by atoms with Crippen LogP contribution in [0.5, 0.6) is 0 Å². The SMILES string of the molecule is CC1(C)CC1C(N)c1ccc2c(c1)C(=O)NCC2. The average molecular weight is 244 g/mol. The van der Waals surface area contributed by atoms with Gasteiger partial charge in [-0.2, -0.15) is 0 Å². The van der Waals surface area contributed by atoms with Gasteiger partial charge in [-0.05, 0) is 41.4 Å². The maximum Gasteiger partial charge on any atom is 0.251 e. The van der Waals surface area contributed by atoms with Crippen molar-refractivity contribution in [1.82, 2.24) is 5.32 Å². The lowest BCUT2D eigenvalue weighted by molar-refractivity contribution is 0.0946. The van der Waals surface area contributed by atoms with E-state index in [0.29, 0.717) is 11.3 Å². The first-order valence-corrected chi connectivity index (χ1v) is 6.66. The van der Waals surface area contributed by atoms with Crippen LogP contribution >= 0.6 is 0 Å². The van der Waals surface area contributed by atoms with Crippen LogP contribution in [0.3, 0.4) is 0 Å². The normalized spacial score (nSPS) is 26.2. The first-order chi connectivity index (χ1) is 8.49. The second-order valence-corrected chi connectivity index (χ2v) is 6.25. The molecule has 1 aromatic carbocycles. The number of carbonyl (C=O) groups is 1. The summed E-state index contributed by atoms with van der Waals surface area (Å²) < 4.78 is 0. The van der Waals surface area contributed by atoms with Gasteiger partial charge >= 0.3 is 0 Å². The van der Waals surface area contributed by atoms with Gasteiger partial charge in [0.05, 0.1) is 0 Å². The van der Waals surface area contributed by atoms with Gasteiger partial charge in [-0.3, -0.25) is 4.79 Å². The summed E-state index contributed by atoms with van der Waals surface area (Å²) in [6, 6.07) is 6.21. The summed E-state index contributed by atoms with van der Waals surface area (Å²) in [7, 11) is 0. The molecule has 0 aromatic heterocycles. The molecule has 0 bridgehead atoms. The first kappa shape index (κ1) is 11.7. The molecular weight excluding hydrogens is 224 g/mol. The molecule has 2 unspecified atom stereocenters. The standard InChI is InChI=1S/C15H20N2O/c1-15(2)8-12(15)13(16)10-4-3-9-5-6-17-14(18)11(9)7-10/h3-4,7,12-13H,5-6,8,16H2,1-2H3,(H,17,18). The molecule has 2 atom stereocenters. The quantitative estimate of drug-likeness (QED) is 0.836. The van der Waals surface area contributed by atoms with E-state index in [2.05, 4.69) is 31.3 Å². The van der Waals surface area contributed by atoms with Crippen molar-refractivity contribution < 1.29 is 4.79 Å². The highest BCUT2D eigenvalue weighted by Crippen LogP contribution is 2.57. The minimum absolute atomic E-state index is 0.0420. The molecule has 1 aliphatic carbocycles. The van der Waals surface area contributed by atoms with Crippen LogP contribution < -0.4 is 11.1 Å². The van der Waals surface area contributed by atoms with Crippen molar-refractivity contribution in [3.05, 3.63) is 34.9 Å². The summed E-state index contributed by atoms with van der Waals surface area (Å²) in [5.74, 6) is 0.586. The van der Waals surface area contributed by atoms with E-state index in [9.17, 15) is 4.79 Å². The lowest BCUT2D eigenvalue weighted by Gasteiger charge is -2.20. The van der Waals surface area contributed by atoms with Crippen LogP contribution in [0.1, 0.15) is 47.8 Å². The summed E-state index contributed by atoms with van der Waals surface area (Å²) in [6.07, 6.45) is 2.10. The fourth-order valence-corrected chi connectivity index (χ4v) is 2.99. The van der Waals surface area contributed by atoms with Crippen molar-refractivity contribution in [2.24, 2.45) is 17.1 Å². The van der Waals surface area contributed by atoms with Gasteiger partial charge in [-0.1, -0.05) is 26.0 Å². The molecule has 1 heterocycles. The van der Waals surface area contributed by atoms with Gasteiger partial charge in [-0.15, -0.1) is 0 Å². The third-order valence-corrected chi connectivity index (χ3v) is 4.47. The number of nitrogens with two attached hydrogens (primary N) is 1. The molecule has 3 heteroatoms. The number of hydrogen-bond donors (Lipinski definition) is 2. The van der Waals surface area contributed by atoms with Crippen LogP contribution in [0.4, 0.5) is 0 Å². The van der Waals surface area contributed by atoms with Gasteiger partial charge in [-0.25, -0.2) is 0 Å². The molecule has 1 aromatic rings. The number of carbonyl (C=O) groups excluding carboxylic acids is 1. The highest BCUT2D eigenvalue weighted by atomic mass is 16.1. The van der Waals surface area contributed by atoms with Gasteiger partial charge < -0.3 is 11.1 Å². The predicted octanol–water partition coefficient (Wildman–Crippen LogP) is 2.02. The number of fused-ring (bicyclic) bond motifs is 1. The first-order valence-electron chi connectivity index (χ1n) is 6.66. The van der Waals surface area contributed by atoms with Crippen molar-refractivity contribution in [2.75, 3.05) is 6.54 Å². The monoisotopic (exact) mass is 244 g/mol. The summed E-state index contributed by atoms with van der Waals surface area (Å²) >= 11 is 0. The number of hydrogen-bond acceptors (Lipinski definition) is 2. The minimum atomic E-state index is 0.0420. The molecular formula is C15H20N2O. The zero-order valence-electron chi connectivity index (χ0n) is 11.0. The molecule has 3 N–H and O–H groups in total. The fraction of sp³-hybridized carbons (Fsp3) is 0.533. The lowest BCUT2D eigenvalue weighted by atomic mass is 9.92. The second-order valence-electron chi connectivity index (χ2n) is 6.25. The largest absolute Gasteiger partial charge is 0.352 e. The Morgan fingerprint density at radius 2 is 2.17 bits per heavy atom. The van der Waals surface area contributed by atoms with Crippen molar-refractivity contribution in [3.63, 3.8) is 0 Å². The Balaban J connectivity index is 1.90. The van der Waals surface area contributed by atoms with Gasteiger partial charge in [0, 0.05) is 18.2 Å². The third kappa shape index (κ3) is 1.83. The van der Waals surface area contributed by atoms with E-state index in [0.717, 1.165) is 29.7 Å². The van der Waals surface area contributed by atoms with E-state index in [1.807, 2.05) is 6.07 Å². The van der Waals surface area contributed by atoms with Crippen molar-refractivity contribution in [3.8, 4) is 0 Å². The molecule has 0 radical (unpaired) electrons. The minimum Gasteiger partial charge on any atom is -0.352 e. The van der Waals surface area contributed by atoms with Crippen molar-refractivity contribution in [2.45, 2.75) is 32.7 Å². The summed E-state index contributed by atoms with van der Waals surface area (Å²) in [6.45, 7) is 5.25. The molecule has 96 valence electrons. The fourth-order valence-electron chi connectivity index (χ4n) is 2.99. The number of amides is 1. The Labute approximate surface area is 108 Å². The second kappa shape index (κ2) is 3.82. The maximum atomic E-state index is 11.8. The Kier molecular flexibility index (Phi) is 2.49. The molecule has 3 rings (SSSR count). The molecule has 0 saturated heterocycles. The van der Waals surface area contributed by atoms with E-state index in [-0.39, 0.29) is 11.9 Å². The highest BCUT2D eigenvalue weighted by Gasteiger charge is 2.49. The third-order valence-electron chi connectivity index (χ3n) is 4.47. The van der Waals surface area contributed by atoms with Crippen molar-refractivity contribution in [1.29, 1.82) is 0 Å². The zero-order valence-corrected chi connectivity index (χ0v) is 11.0. The van der Waals surface area contributed by atoms with Gasteiger partial charge in [0.15, 0.2) is 0 Å². The molecule has 18 heavy (non-hydrogen) atoms. The average Bonchev–Trinajstić information content (AvgIpc) is 2.98. The maximum absolute atomic E-state index is 11.8. The molecule has 1 fully saturated rings. The molecule has 0 spiro atoms. The van der Waals surface area contributed by atoms with Gasteiger partial charge in [0.1, 0.15) is 0 Å². The lowest BCUT2D eigenvalue weighted by Crippen LogP contribution is -2.32. The molecule has 1 saturated carbocycles. The number of nitrogens with one attached hydrogen (secondary N) is 1. The topological polar surface area (TPSA) is 55.1 Å². The number of rotatable bonds is 2. The summed E-state index contributed by atoms with van der Waals surface area (Å²) in [5, 5.41) is 2.89. The zero-order chi connectivity index (χ0) is 12.9. The van der Waals surface area contributed by atoms with E-state index >= 15 is 0 Å². The Hall–Kier alpha value is -1.35. The summed E-state index contributed by atoms with van der Waals surface area (Å²) in [4.78, 5) is 11.8. The van der Waals surface area contributed by atoms with Crippen LogP contribution in [0.2, 0.25) is 0 Å². The van der Waals surface area contributed by atoms with E-state index < -0.39 is 0 Å². The smallest absolute Gasteiger partial charge is 0.251 e. The van der Waals surface area contributed by atoms with Crippen LogP contribution in [-0.4, -0.2) is 12.5 Å². The molecule has 3 nitrogen and oxygen atoms in total. The van der Waals surface area contributed by atoms with Crippen LogP contribution in [0, 0.1) is 11.3 Å². The van der Waals surface area contributed by atoms with E-state index in [4.69, 9.17) is 5.73 Å². The molecule has 1 amide bonds. The van der Waals surface area contributed by atoms with E-state index in [1.165, 1.54) is 6.42 Å². The number of benzene rings is 1. The van der Waals surface area contributed by atoms with Crippen LogP contribution in [0.25, 0.3) is 0 Å².